The number of unbranched alkanes of at least 4 members (excludes halogenated alkanes) is 2. The Balaban J connectivity index is 2.10. The third-order valence-electron chi connectivity index (χ3n) is 3.22. The largest absolute Gasteiger partial charge is 0.497 e. The first-order valence-corrected chi connectivity index (χ1v) is 7.94. The summed E-state index contributed by atoms with van der Waals surface area (Å²) in [6, 6.07) is 5.87. The number of rotatable bonds is 7. The van der Waals surface area contributed by atoms with Crippen LogP contribution in [0.15, 0.2) is 18.2 Å². The molecule has 0 radical (unpaired) electrons. The van der Waals surface area contributed by atoms with Crippen LogP contribution in [0.25, 0.3) is 11.0 Å². The van der Waals surface area contributed by atoms with Crippen molar-refractivity contribution in [1.82, 2.24) is 9.55 Å². The fourth-order valence-electron chi connectivity index (χ4n) is 2.18. The van der Waals surface area contributed by atoms with Gasteiger partial charge in [0.2, 0.25) is 5.95 Å². The topological polar surface area (TPSA) is 53.1 Å². The highest BCUT2D eigenvalue weighted by Gasteiger charge is 2.08. The van der Waals surface area contributed by atoms with Crippen molar-refractivity contribution < 1.29 is 4.74 Å². The molecule has 0 atom stereocenters. The number of thioether (sulfide) groups is 1. The SMILES string of the molecule is COc1ccc2nc(N)n(CCCCCSC)c2c1. The molecule has 2 aromatic rings. The van der Waals surface area contributed by atoms with Crippen molar-refractivity contribution in [3.8, 4) is 5.75 Å². The summed E-state index contributed by atoms with van der Waals surface area (Å²) < 4.78 is 7.34. The molecule has 104 valence electrons. The first-order valence-electron chi connectivity index (χ1n) is 6.55. The van der Waals surface area contributed by atoms with Crippen LogP contribution in [-0.4, -0.2) is 28.7 Å². The molecule has 0 aliphatic carbocycles. The fraction of sp³-hybridized carbons (Fsp3) is 0.500. The van der Waals surface area contributed by atoms with E-state index in [1.165, 1.54) is 18.6 Å². The van der Waals surface area contributed by atoms with E-state index in [9.17, 15) is 0 Å². The molecule has 0 saturated carbocycles. The normalized spacial score (nSPS) is 11.1. The second kappa shape index (κ2) is 6.70. The number of hydrogen-bond acceptors (Lipinski definition) is 4. The van der Waals surface area contributed by atoms with Crippen LogP contribution in [0.1, 0.15) is 19.3 Å². The first kappa shape index (κ1) is 14.1. The van der Waals surface area contributed by atoms with E-state index in [1.54, 1.807) is 7.11 Å². The predicted octanol–water partition coefficient (Wildman–Crippen LogP) is 3.16. The molecule has 0 unspecified atom stereocenters. The summed E-state index contributed by atoms with van der Waals surface area (Å²) in [4.78, 5) is 4.38. The van der Waals surface area contributed by atoms with Crippen LogP contribution >= 0.6 is 11.8 Å². The van der Waals surface area contributed by atoms with Crippen LogP contribution in [-0.2, 0) is 6.54 Å². The number of aromatic nitrogens is 2. The second-order valence-electron chi connectivity index (χ2n) is 4.53. The Labute approximate surface area is 118 Å². The summed E-state index contributed by atoms with van der Waals surface area (Å²) in [6.45, 7) is 0.921. The van der Waals surface area contributed by atoms with Gasteiger partial charge in [-0.25, -0.2) is 4.98 Å². The number of nitrogens with zero attached hydrogens (tertiary/aromatic N) is 2. The molecule has 1 aromatic heterocycles. The Morgan fingerprint density at radius 1 is 1.32 bits per heavy atom. The Bertz CT molecular complexity index is 539. The number of anilines is 1. The fourth-order valence-corrected chi connectivity index (χ4v) is 2.67. The van der Waals surface area contributed by atoms with Crippen molar-refractivity contribution >= 4 is 28.7 Å². The van der Waals surface area contributed by atoms with E-state index in [0.717, 1.165) is 29.7 Å². The van der Waals surface area contributed by atoms with E-state index in [2.05, 4.69) is 15.8 Å². The number of methoxy groups -OCH3 is 1. The molecule has 0 aliphatic heterocycles. The molecule has 0 amide bonds. The van der Waals surface area contributed by atoms with Crippen molar-refractivity contribution in [3.05, 3.63) is 18.2 Å². The molecule has 0 fully saturated rings. The molecule has 5 heteroatoms. The van der Waals surface area contributed by atoms with E-state index in [0.29, 0.717) is 5.95 Å². The van der Waals surface area contributed by atoms with Crippen LogP contribution in [0.4, 0.5) is 5.95 Å². The average molecular weight is 279 g/mol. The van der Waals surface area contributed by atoms with Gasteiger partial charge in [-0.1, -0.05) is 6.42 Å². The zero-order valence-corrected chi connectivity index (χ0v) is 12.4. The molecule has 4 nitrogen and oxygen atoms in total. The number of imidazole rings is 1. The lowest BCUT2D eigenvalue weighted by Gasteiger charge is -2.07. The van der Waals surface area contributed by atoms with Crippen molar-refractivity contribution in [2.75, 3.05) is 24.9 Å². The summed E-state index contributed by atoms with van der Waals surface area (Å²) >= 11 is 1.90. The van der Waals surface area contributed by atoms with Gasteiger partial charge in [-0.15, -0.1) is 0 Å². The lowest BCUT2D eigenvalue weighted by Crippen LogP contribution is -2.03. The second-order valence-corrected chi connectivity index (χ2v) is 5.52. The average Bonchev–Trinajstić information content (AvgIpc) is 2.74. The summed E-state index contributed by atoms with van der Waals surface area (Å²) in [5.74, 6) is 2.66. The van der Waals surface area contributed by atoms with Gasteiger partial charge in [0, 0.05) is 12.6 Å². The van der Waals surface area contributed by atoms with E-state index in [1.807, 2.05) is 30.0 Å². The molecule has 1 heterocycles. The van der Waals surface area contributed by atoms with Crippen LogP contribution in [0.2, 0.25) is 0 Å². The maximum absolute atomic E-state index is 5.99. The van der Waals surface area contributed by atoms with Gasteiger partial charge in [-0.2, -0.15) is 11.8 Å². The number of hydrogen-bond donors (Lipinski definition) is 1. The maximum atomic E-state index is 5.99. The maximum Gasteiger partial charge on any atom is 0.201 e. The molecule has 1 aromatic carbocycles. The van der Waals surface area contributed by atoms with Gasteiger partial charge in [0.15, 0.2) is 0 Å². The minimum atomic E-state index is 0.591. The Morgan fingerprint density at radius 3 is 2.89 bits per heavy atom. The van der Waals surface area contributed by atoms with Gasteiger partial charge in [0.1, 0.15) is 5.75 Å². The highest BCUT2D eigenvalue weighted by molar-refractivity contribution is 7.98. The van der Waals surface area contributed by atoms with E-state index < -0.39 is 0 Å². The van der Waals surface area contributed by atoms with Gasteiger partial charge in [0.05, 0.1) is 18.1 Å². The van der Waals surface area contributed by atoms with E-state index >= 15 is 0 Å². The molecular formula is C14H21N3OS. The van der Waals surface area contributed by atoms with Crippen LogP contribution in [0.3, 0.4) is 0 Å². The van der Waals surface area contributed by atoms with Crippen molar-refractivity contribution in [2.45, 2.75) is 25.8 Å². The molecule has 0 bridgehead atoms. The molecular weight excluding hydrogens is 258 g/mol. The molecule has 2 N–H and O–H groups in total. The number of ether oxygens (including phenoxy) is 1. The third kappa shape index (κ3) is 3.35. The summed E-state index contributed by atoms with van der Waals surface area (Å²) in [7, 11) is 1.67. The van der Waals surface area contributed by atoms with E-state index in [4.69, 9.17) is 10.5 Å². The van der Waals surface area contributed by atoms with Crippen molar-refractivity contribution in [1.29, 1.82) is 0 Å². The molecule has 2 rings (SSSR count). The summed E-state index contributed by atoms with van der Waals surface area (Å²) in [6.07, 6.45) is 5.77. The highest BCUT2D eigenvalue weighted by atomic mass is 32.2. The lowest BCUT2D eigenvalue weighted by atomic mass is 10.2. The van der Waals surface area contributed by atoms with Crippen LogP contribution in [0.5, 0.6) is 5.75 Å². The van der Waals surface area contributed by atoms with Crippen LogP contribution < -0.4 is 10.5 Å². The number of nitrogens with two attached hydrogens (primary N) is 1. The molecule has 0 aliphatic rings. The predicted molar refractivity (Wildman–Crippen MR) is 82.9 cm³/mol. The molecule has 19 heavy (non-hydrogen) atoms. The number of fused-ring (bicyclic) bond motifs is 1. The minimum Gasteiger partial charge on any atom is -0.497 e. The first-order chi connectivity index (χ1) is 9.26. The Kier molecular flexibility index (Phi) is 4.96. The summed E-state index contributed by atoms with van der Waals surface area (Å²) in [5.41, 5.74) is 7.98. The smallest absolute Gasteiger partial charge is 0.201 e. The highest BCUT2D eigenvalue weighted by Crippen LogP contribution is 2.23. The zero-order chi connectivity index (χ0) is 13.7. The van der Waals surface area contributed by atoms with Gasteiger partial charge >= 0.3 is 0 Å². The van der Waals surface area contributed by atoms with E-state index in [-0.39, 0.29) is 0 Å². The Hall–Kier alpha value is -1.36. The number of aryl methyl sites for hydroxylation is 1. The molecule has 0 spiro atoms. The van der Waals surface area contributed by atoms with Gasteiger partial charge < -0.3 is 15.0 Å². The lowest BCUT2D eigenvalue weighted by molar-refractivity contribution is 0.415. The Morgan fingerprint density at radius 2 is 2.16 bits per heavy atom. The third-order valence-corrected chi connectivity index (χ3v) is 3.91. The number of nitrogen functional groups attached to an aromatic ring is 1. The van der Waals surface area contributed by atoms with Gasteiger partial charge in [-0.3, -0.25) is 0 Å². The van der Waals surface area contributed by atoms with Gasteiger partial charge in [0.25, 0.3) is 0 Å². The number of benzene rings is 1. The van der Waals surface area contributed by atoms with Crippen molar-refractivity contribution in [3.63, 3.8) is 0 Å². The van der Waals surface area contributed by atoms with Crippen LogP contribution in [0, 0.1) is 0 Å². The van der Waals surface area contributed by atoms with Gasteiger partial charge in [-0.05, 0) is 37.0 Å². The minimum absolute atomic E-state index is 0.591. The summed E-state index contributed by atoms with van der Waals surface area (Å²) in [5, 5.41) is 0. The molecule has 0 saturated heterocycles. The van der Waals surface area contributed by atoms with Crippen molar-refractivity contribution in [2.24, 2.45) is 0 Å². The monoisotopic (exact) mass is 279 g/mol. The quantitative estimate of drug-likeness (QED) is 0.791. The zero-order valence-electron chi connectivity index (χ0n) is 11.6. The standard InChI is InChI=1S/C14H21N3OS/c1-18-11-6-7-12-13(10-11)17(14(15)16-12)8-4-3-5-9-19-2/h6-7,10H,3-5,8-9H2,1-2H3,(H2,15,16).